The maximum atomic E-state index is 12.7. The molecule has 5 rings (SSSR count). The number of pyridine rings is 1. The first kappa shape index (κ1) is 20.2. The number of fused-ring (bicyclic) bond motifs is 1. The summed E-state index contributed by atoms with van der Waals surface area (Å²) < 4.78 is 0. The van der Waals surface area contributed by atoms with Gasteiger partial charge in [-0.05, 0) is 41.3 Å². The maximum Gasteiger partial charge on any atom is 0.227 e. The summed E-state index contributed by atoms with van der Waals surface area (Å²) in [6, 6.07) is 22.1. The fourth-order valence-corrected chi connectivity index (χ4v) is 4.47. The Bertz CT molecular complexity index is 1110. The summed E-state index contributed by atoms with van der Waals surface area (Å²) in [4.78, 5) is 33.6. The van der Waals surface area contributed by atoms with Crippen LogP contribution in [0, 0.1) is 5.92 Å². The zero-order valence-corrected chi connectivity index (χ0v) is 17.9. The van der Waals surface area contributed by atoms with Crippen LogP contribution in [0.15, 0.2) is 72.9 Å². The van der Waals surface area contributed by atoms with Gasteiger partial charge in [-0.2, -0.15) is 0 Å². The predicted molar refractivity (Wildman–Crippen MR) is 124 cm³/mol. The van der Waals surface area contributed by atoms with Gasteiger partial charge in [-0.1, -0.05) is 48.5 Å². The highest BCUT2D eigenvalue weighted by molar-refractivity contribution is 6.00. The number of carbonyl (C=O) groups is 2. The Morgan fingerprint density at radius 2 is 1.78 bits per heavy atom. The van der Waals surface area contributed by atoms with E-state index in [9.17, 15) is 9.59 Å². The number of hydrogen-bond acceptors (Lipinski definition) is 4. The average Bonchev–Trinajstić information content (AvgIpc) is 3.25. The monoisotopic (exact) mass is 426 g/mol. The van der Waals surface area contributed by atoms with E-state index in [0.29, 0.717) is 13.1 Å². The number of amides is 2. The molecule has 2 aliphatic heterocycles. The molecule has 1 unspecified atom stereocenters. The summed E-state index contributed by atoms with van der Waals surface area (Å²) in [5, 5.41) is 2.97. The number of nitrogens with zero attached hydrogens (tertiary/aromatic N) is 3. The third kappa shape index (κ3) is 4.21. The van der Waals surface area contributed by atoms with Gasteiger partial charge in [-0.3, -0.25) is 9.59 Å². The first-order chi connectivity index (χ1) is 15.7. The van der Waals surface area contributed by atoms with Gasteiger partial charge in [-0.25, -0.2) is 4.98 Å². The molecule has 162 valence electrons. The zero-order chi connectivity index (χ0) is 21.9. The van der Waals surface area contributed by atoms with Crippen LogP contribution >= 0.6 is 0 Å². The molecule has 3 heterocycles. The number of carbonyl (C=O) groups excluding carboxylic acids is 2. The number of rotatable bonds is 5. The fourth-order valence-electron chi connectivity index (χ4n) is 4.47. The molecule has 1 atom stereocenters. The summed E-state index contributed by atoms with van der Waals surface area (Å²) in [5.41, 5.74) is 4.56. The van der Waals surface area contributed by atoms with E-state index >= 15 is 0 Å². The van der Waals surface area contributed by atoms with Crippen molar-refractivity contribution >= 4 is 23.3 Å². The molecule has 3 aromatic rings. The molecule has 1 aromatic heterocycles. The quantitative estimate of drug-likeness (QED) is 0.680. The van der Waals surface area contributed by atoms with E-state index in [2.05, 4.69) is 39.5 Å². The summed E-state index contributed by atoms with van der Waals surface area (Å²) in [5.74, 6) is 0.525. The van der Waals surface area contributed by atoms with Gasteiger partial charge in [0.05, 0.1) is 5.92 Å². The second-order valence-electron chi connectivity index (χ2n) is 8.42. The Morgan fingerprint density at radius 1 is 1.00 bits per heavy atom. The molecule has 1 fully saturated rings. The van der Waals surface area contributed by atoms with Crippen LogP contribution in [0.25, 0.3) is 0 Å². The molecule has 2 aromatic carbocycles. The van der Waals surface area contributed by atoms with E-state index in [-0.39, 0.29) is 24.2 Å². The number of para-hydroxylation sites is 1. The number of hydrogen-bond donors (Lipinski definition) is 1. The van der Waals surface area contributed by atoms with E-state index in [1.165, 1.54) is 11.1 Å². The molecule has 2 amide bonds. The van der Waals surface area contributed by atoms with Crippen molar-refractivity contribution in [2.75, 3.05) is 22.9 Å². The number of aromatic nitrogens is 1. The van der Waals surface area contributed by atoms with Crippen molar-refractivity contribution < 1.29 is 9.59 Å². The lowest BCUT2D eigenvalue weighted by Gasteiger charge is -2.29. The highest BCUT2D eigenvalue weighted by Crippen LogP contribution is 2.25. The van der Waals surface area contributed by atoms with E-state index in [1.54, 1.807) is 4.90 Å². The van der Waals surface area contributed by atoms with E-state index in [4.69, 9.17) is 0 Å². The van der Waals surface area contributed by atoms with E-state index in [1.807, 2.05) is 48.7 Å². The lowest BCUT2D eigenvalue weighted by atomic mass is 10.00. The number of nitrogens with one attached hydrogen (secondary N) is 1. The van der Waals surface area contributed by atoms with Gasteiger partial charge in [0.1, 0.15) is 5.82 Å². The molecular weight excluding hydrogens is 400 g/mol. The Hall–Kier alpha value is -3.67. The molecule has 1 N–H and O–H groups in total. The van der Waals surface area contributed by atoms with Crippen LogP contribution < -0.4 is 15.1 Å². The van der Waals surface area contributed by atoms with Crippen molar-refractivity contribution in [2.24, 2.45) is 5.92 Å². The molecule has 0 radical (unpaired) electrons. The van der Waals surface area contributed by atoms with Crippen molar-refractivity contribution in [1.29, 1.82) is 0 Å². The summed E-state index contributed by atoms with van der Waals surface area (Å²) in [6.45, 7) is 2.65. The van der Waals surface area contributed by atoms with Gasteiger partial charge < -0.3 is 15.1 Å². The highest BCUT2D eigenvalue weighted by Gasteiger charge is 2.34. The lowest BCUT2D eigenvalue weighted by Crippen LogP contribution is -2.33. The molecule has 0 spiro atoms. The van der Waals surface area contributed by atoms with Gasteiger partial charge in [0.2, 0.25) is 11.8 Å². The summed E-state index contributed by atoms with van der Waals surface area (Å²) >= 11 is 0. The summed E-state index contributed by atoms with van der Waals surface area (Å²) in [6.07, 6.45) is 3.09. The Morgan fingerprint density at radius 3 is 2.56 bits per heavy atom. The molecule has 6 nitrogen and oxygen atoms in total. The first-order valence-electron chi connectivity index (χ1n) is 11.1. The van der Waals surface area contributed by atoms with Crippen molar-refractivity contribution in [3.63, 3.8) is 0 Å². The van der Waals surface area contributed by atoms with Crippen LogP contribution in [0.3, 0.4) is 0 Å². The smallest absolute Gasteiger partial charge is 0.227 e. The van der Waals surface area contributed by atoms with Crippen LogP contribution in [-0.4, -0.2) is 29.9 Å². The van der Waals surface area contributed by atoms with E-state index in [0.717, 1.165) is 36.6 Å². The number of benzene rings is 2. The molecular formula is C26H26N4O2. The van der Waals surface area contributed by atoms with Gasteiger partial charge in [0.15, 0.2) is 0 Å². The number of anilines is 2. The lowest BCUT2D eigenvalue weighted by molar-refractivity contribution is -0.126. The highest BCUT2D eigenvalue weighted by atomic mass is 16.2. The van der Waals surface area contributed by atoms with Crippen molar-refractivity contribution in [3.8, 4) is 0 Å². The topological polar surface area (TPSA) is 65.5 Å². The van der Waals surface area contributed by atoms with Crippen LogP contribution in [0.1, 0.15) is 23.1 Å². The van der Waals surface area contributed by atoms with E-state index < -0.39 is 0 Å². The normalized spacial score (nSPS) is 17.9. The van der Waals surface area contributed by atoms with Gasteiger partial charge in [0.25, 0.3) is 0 Å². The fraction of sp³-hybridized carbons (Fsp3) is 0.269. The molecule has 32 heavy (non-hydrogen) atoms. The predicted octanol–water partition coefficient (Wildman–Crippen LogP) is 3.31. The second-order valence-corrected chi connectivity index (χ2v) is 8.42. The molecule has 6 heteroatoms. The average molecular weight is 427 g/mol. The third-order valence-corrected chi connectivity index (χ3v) is 6.29. The van der Waals surface area contributed by atoms with Crippen LogP contribution in [0.5, 0.6) is 0 Å². The van der Waals surface area contributed by atoms with Gasteiger partial charge in [-0.15, -0.1) is 0 Å². The Labute approximate surface area is 187 Å². The molecule has 0 saturated carbocycles. The van der Waals surface area contributed by atoms with Crippen molar-refractivity contribution in [1.82, 2.24) is 10.3 Å². The van der Waals surface area contributed by atoms with Gasteiger partial charge in [0, 0.05) is 44.5 Å². The summed E-state index contributed by atoms with van der Waals surface area (Å²) in [7, 11) is 0. The molecule has 2 aliphatic rings. The van der Waals surface area contributed by atoms with Crippen LogP contribution in [0.2, 0.25) is 0 Å². The molecule has 1 saturated heterocycles. The van der Waals surface area contributed by atoms with Crippen molar-refractivity contribution in [3.05, 3.63) is 89.6 Å². The molecule has 0 bridgehead atoms. The minimum Gasteiger partial charge on any atom is -0.352 e. The SMILES string of the molecule is O=C(NCc1ccc(N2CCc3ccccc3C2)nc1)C1CC(=O)N(c2ccccc2)C1. The van der Waals surface area contributed by atoms with Crippen LogP contribution in [-0.2, 0) is 29.1 Å². The third-order valence-electron chi connectivity index (χ3n) is 6.29. The zero-order valence-electron chi connectivity index (χ0n) is 17.9. The standard InChI is InChI=1S/C26H26N4O2/c31-25-14-22(18-30(25)23-8-2-1-3-9-23)26(32)28-16-19-10-11-24(27-15-19)29-13-12-20-6-4-5-7-21(20)17-29/h1-11,15,22H,12-14,16-18H2,(H,28,32). The minimum absolute atomic E-state index is 0.00882. The first-order valence-corrected chi connectivity index (χ1v) is 11.1. The minimum atomic E-state index is -0.330. The maximum absolute atomic E-state index is 12.7. The molecule has 0 aliphatic carbocycles. The second kappa shape index (κ2) is 8.83. The Balaban J connectivity index is 1.16. The Kier molecular flexibility index (Phi) is 5.58. The van der Waals surface area contributed by atoms with Gasteiger partial charge >= 0.3 is 0 Å². The van der Waals surface area contributed by atoms with Crippen molar-refractivity contribution in [2.45, 2.75) is 25.9 Å². The largest absolute Gasteiger partial charge is 0.352 e. The van der Waals surface area contributed by atoms with Crippen LogP contribution in [0.4, 0.5) is 11.5 Å².